The van der Waals surface area contributed by atoms with Crippen molar-refractivity contribution in [1.82, 2.24) is 19.5 Å². The average Bonchev–Trinajstić information content (AvgIpc) is 3.41. The van der Waals surface area contributed by atoms with Crippen molar-refractivity contribution in [3.8, 4) is 0 Å². The molecule has 2 aromatic heterocycles. The van der Waals surface area contributed by atoms with Crippen molar-refractivity contribution in [3.05, 3.63) is 12.7 Å². The Bertz CT molecular complexity index is 1210. The third-order valence-electron chi connectivity index (χ3n) is 5.61. The largest absolute Gasteiger partial charge is 1.00 e. The van der Waals surface area contributed by atoms with E-state index in [2.05, 4.69) is 33.6 Å². The average molecular weight is 563 g/mol. The van der Waals surface area contributed by atoms with Crippen LogP contribution in [0.15, 0.2) is 12.7 Å². The van der Waals surface area contributed by atoms with Crippen molar-refractivity contribution >= 4 is 32.6 Å². The Balaban J connectivity index is 0.00000304. The first-order valence-electron chi connectivity index (χ1n) is 10.1. The Morgan fingerprint density at radius 3 is 2.39 bits per heavy atom. The van der Waals surface area contributed by atoms with Crippen LogP contribution in [-0.4, -0.2) is 101 Å². The summed E-state index contributed by atoms with van der Waals surface area (Å²) in [6, 6.07) is 0. The van der Waals surface area contributed by atoms with Gasteiger partial charge in [-0.05, 0) is 0 Å². The number of phosphoric ester groups is 2. The quantitative estimate of drug-likeness (QED) is 0.129. The number of aliphatic hydroxyl groups is 4. The molecular formula is C15H20N5NaO13P2. The standard InChI is InChI=1S/C15H21N5O13P2.Na/c21-8-5-1-29-34(25,26)33-35(27,28)30-2-6-9(22)11(24)15(32-6)20-4-18-7-12(16-3-17-13(7)20)19-14(31-5)10(8)23;/h3-6,8-11,14-15,21-24H,1-2H2,(H,25,26)(H,27,28)(H,16,17,19);/q;+1/p-1. The Labute approximate surface area is 223 Å². The van der Waals surface area contributed by atoms with E-state index >= 15 is 0 Å². The van der Waals surface area contributed by atoms with Crippen molar-refractivity contribution in [2.24, 2.45) is 0 Å². The van der Waals surface area contributed by atoms with E-state index < -0.39 is 77.9 Å². The van der Waals surface area contributed by atoms with Crippen LogP contribution in [0.5, 0.6) is 0 Å². The van der Waals surface area contributed by atoms with Crippen LogP contribution in [0.4, 0.5) is 5.82 Å². The fourth-order valence-corrected chi connectivity index (χ4v) is 5.94. The maximum absolute atomic E-state index is 12.1. The number of anilines is 1. The number of nitrogens with zero attached hydrogens (tertiary/aromatic N) is 4. The van der Waals surface area contributed by atoms with E-state index in [9.17, 15) is 39.3 Å². The molecule has 21 heteroatoms. The zero-order valence-electron chi connectivity index (χ0n) is 18.4. The predicted octanol–water partition coefficient (Wildman–Crippen LogP) is -6.06. The van der Waals surface area contributed by atoms with Crippen LogP contribution < -0.4 is 39.8 Å². The van der Waals surface area contributed by atoms with Gasteiger partial charge in [0.05, 0.1) is 19.5 Å². The van der Waals surface area contributed by atoms with Gasteiger partial charge in [0, 0.05) is 0 Å². The molecule has 10 atom stereocenters. The minimum Gasteiger partial charge on any atom is -0.756 e. The number of aromatic nitrogens is 4. The number of imidazole rings is 1. The van der Waals surface area contributed by atoms with Gasteiger partial charge in [-0.25, -0.2) is 23.8 Å². The van der Waals surface area contributed by atoms with Crippen LogP contribution >= 0.6 is 15.6 Å². The molecule has 0 aromatic carbocycles. The normalized spacial score (nSPS) is 43.5. The number of hydrogen-bond acceptors (Lipinski definition) is 16. The second-order valence-corrected chi connectivity index (χ2v) is 10.9. The van der Waals surface area contributed by atoms with Gasteiger partial charge in [0.1, 0.15) is 43.0 Å². The van der Waals surface area contributed by atoms with Crippen LogP contribution in [0.25, 0.3) is 11.2 Å². The first kappa shape index (κ1) is 28.4. The monoisotopic (exact) mass is 563 g/mol. The maximum Gasteiger partial charge on any atom is 1.00 e. The molecule has 2 fully saturated rings. The molecule has 0 spiro atoms. The van der Waals surface area contributed by atoms with E-state index in [0.29, 0.717) is 0 Å². The van der Waals surface area contributed by atoms with Crippen LogP contribution in [0.2, 0.25) is 0 Å². The summed E-state index contributed by atoms with van der Waals surface area (Å²) in [6.45, 7) is -1.74. The molecule has 0 aliphatic carbocycles. The summed E-state index contributed by atoms with van der Waals surface area (Å²) in [4.78, 5) is 34.1. The Morgan fingerprint density at radius 2 is 1.64 bits per heavy atom. The fraction of sp³-hybridized carbons (Fsp3) is 0.667. The molecule has 6 N–H and O–H groups in total. The topological polar surface area (TPSA) is 260 Å². The van der Waals surface area contributed by atoms with E-state index in [1.807, 2.05) is 0 Å². The summed E-state index contributed by atoms with van der Waals surface area (Å²) in [5.74, 6) is 0.0593. The zero-order chi connectivity index (χ0) is 25.1. The van der Waals surface area contributed by atoms with E-state index in [1.165, 1.54) is 10.9 Å². The van der Waals surface area contributed by atoms with Crippen molar-refractivity contribution in [1.29, 1.82) is 0 Å². The summed E-state index contributed by atoms with van der Waals surface area (Å²) in [7, 11) is -10.8. The van der Waals surface area contributed by atoms with Gasteiger partial charge >= 0.3 is 37.4 Å². The van der Waals surface area contributed by atoms with Crippen LogP contribution in [0.1, 0.15) is 6.23 Å². The van der Waals surface area contributed by atoms with Gasteiger partial charge in [-0.1, -0.05) is 0 Å². The summed E-state index contributed by atoms with van der Waals surface area (Å²) in [6.07, 6.45) is -9.39. The van der Waals surface area contributed by atoms with Gasteiger partial charge in [-0.3, -0.25) is 13.7 Å². The molecule has 2 saturated heterocycles. The predicted molar refractivity (Wildman–Crippen MR) is 106 cm³/mol. The molecule has 2 aromatic rings. The summed E-state index contributed by atoms with van der Waals surface area (Å²) >= 11 is 0. The van der Waals surface area contributed by atoms with Crippen LogP contribution in [-0.2, 0) is 32.0 Å². The molecule has 0 saturated carbocycles. The number of rotatable bonds is 0. The van der Waals surface area contributed by atoms with E-state index in [4.69, 9.17) is 9.47 Å². The van der Waals surface area contributed by atoms with Crippen LogP contribution in [0, 0.1) is 0 Å². The van der Waals surface area contributed by atoms with E-state index in [-0.39, 0.29) is 46.5 Å². The molecule has 5 heterocycles. The van der Waals surface area contributed by atoms with E-state index in [0.717, 1.165) is 6.33 Å². The number of nitrogens with one attached hydrogen (secondary N) is 1. The summed E-state index contributed by atoms with van der Waals surface area (Å²) < 4.78 is 49.6. The van der Waals surface area contributed by atoms with Crippen molar-refractivity contribution in [3.63, 3.8) is 0 Å². The SMILES string of the molecule is O=P1([O-])OCC2OC(C(O)C2O)n2cnc3c(ncnc32)NC2OC(COP(=O)(O)O1)C(O)C2O.[Na+]. The second kappa shape index (κ2) is 10.5. The molecule has 36 heavy (non-hydrogen) atoms. The number of aliphatic hydroxyl groups excluding tert-OH is 4. The van der Waals surface area contributed by atoms with E-state index in [1.54, 1.807) is 0 Å². The fourth-order valence-electron chi connectivity index (χ4n) is 3.89. The molecule has 0 radical (unpaired) electrons. The minimum absolute atomic E-state index is 0. The molecule has 18 nitrogen and oxygen atoms in total. The molecule has 3 aliphatic heterocycles. The molecule has 3 aliphatic rings. The second-order valence-electron chi connectivity index (χ2n) is 7.90. The molecule has 5 rings (SSSR count). The number of fused-ring (bicyclic) bond motifs is 5. The Hall–Kier alpha value is -0.630. The Morgan fingerprint density at radius 1 is 0.972 bits per heavy atom. The molecular weight excluding hydrogens is 543 g/mol. The van der Waals surface area contributed by atoms with Gasteiger partial charge < -0.3 is 49.5 Å². The number of hydrogen-bond donors (Lipinski definition) is 6. The van der Waals surface area contributed by atoms with Gasteiger partial charge in [0.2, 0.25) is 0 Å². The molecule has 0 amide bonds. The van der Waals surface area contributed by atoms with Gasteiger partial charge in [0.15, 0.2) is 29.4 Å². The molecule has 8 bridgehead atoms. The van der Waals surface area contributed by atoms with Crippen molar-refractivity contribution in [2.75, 3.05) is 18.5 Å². The number of phosphoric acid groups is 2. The zero-order valence-corrected chi connectivity index (χ0v) is 22.2. The minimum atomic E-state index is -5.49. The smallest absolute Gasteiger partial charge is 0.756 e. The number of ether oxygens (including phenoxy) is 2. The van der Waals surface area contributed by atoms with Crippen molar-refractivity contribution < 1.29 is 91.7 Å². The molecule has 194 valence electrons. The Kier molecular flexibility index (Phi) is 8.28. The first-order valence-corrected chi connectivity index (χ1v) is 13.0. The summed E-state index contributed by atoms with van der Waals surface area (Å²) in [5, 5.41) is 44.1. The third-order valence-corrected chi connectivity index (χ3v) is 8.18. The van der Waals surface area contributed by atoms with Crippen molar-refractivity contribution in [2.45, 2.75) is 49.1 Å². The van der Waals surface area contributed by atoms with Gasteiger partial charge in [-0.15, -0.1) is 0 Å². The van der Waals surface area contributed by atoms with Gasteiger partial charge in [0.25, 0.3) is 7.82 Å². The third kappa shape index (κ3) is 5.41. The maximum atomic E-state index is 12.1. The first-order chi connectivity index (χ1) is 16.5. The van der Waals surface area contributed by atoms with Gasteiger partial charge in [-0.2, -0.15) is 0 Å². The molecule has 10 unspecified atom stereocenters. The summed E-state index contributed by atoms with van der Waals surface area (Å²) in [5.41, 5.74) is 0.273. The van der Waals surface area contributed by atoms with Crippen LogP contribution in [0.3, 0.4) is 0 Å².